The molecule has 1 aliphatic heterocycles. The molecule has 0 spiro atoms. The van der Waals surface area contributed by atoms with E-state index in [4.69, 9.17) is 0 Å². The minimum atomic E-state index is -0.265. The lowest BCUT2D eigenvalue weighted by atomic mass is 9.97. The summed E-state index contributed by atoms with van der Waals surface area (Å²) < 4.78 is 0. The highest BCUT2D eigenvalue weighted by Crippen LogP contribution is 2.11. The molecule has 1 heterocycles. The third-order valence-corrected chi connectivity index (χ3v) is 4.13. The Morgan fingerprint density at radius 2 is 1.50 bits per heavy atom. The average Bonchev–Trinajstić information content (AvgIpc) is 2.64. The van der Waals surface area contributed by atoms with Gasteiger partial charge in [0.15, 0.2) is 0 Å². The maximum absolute atomic E-state index is 12.3. The lowest BCUT2D eigenvalue weighted by Crippen LogP contribution is -2.55. The third kappa shape index (κ3) is 6.06. The number of nitrogens with zero attached hydrogens (tertiary/aromatic N) is 2. The van der Waals surface area contributed by atoms with Gasteiger partial charge in [0, 0.05) is 38.3 Å². The second-order valence-corrected chi connectivity index (χ2v) is 7.64. The molecule has 1 aromatic carbocycles. The summed E-state index contributed by atoms with van der Waals surface area (Å²) in [4.78, 5) is 39.8. The highest BCUT2D eigenvalue weighted by Gasteiger charge is 2.25. The van der Waals surface area contributed by atoms with E-state index in [0.717, 1.165) is 0 Å². The van der Waals surface area contributed by atoms with Crippen LogP contribution < -0.4 is 10.6 Å². The lowest BCUT2D eigenvalue weighted by Gasteiger charge is -2.35. The van der Waals surface area contributed by atoms with Gasteiger partial charge in [-0.2, -0.15) is 0 Å². The highest BCUT2D eigenvalue weighted by atomic mass is 16.2. The van der Waals surface area contributed by atoms with Crippen molar-refractivity contribution in [1.29, 1.82) is 0 Å². The van der Waals surface area contributed by atoms with Crippen LogP contribution in [-0.4, -0.2) is 66.9 Å². The van der Waals surface area contributed by atoms with E-state index in [1.807, 2.05) is 6.07 Å². The zero-order valence-corrected chi connectivity index (χ0v) is 15.7. The number of urea groups is 1. The maximum Gasteiger partial charge on any atom is 0.317 e. The minimum absolute atomic E-state index is 0.0322. The summed E-state index contributed by atoms with van der Waals surface area (Å²) in [6, 6.07) is 8.70. The van der Waals surface area contributed by atoms with E-state index in [1.54, 1.807) is 34.1 Å². The highest BCUT2D eigenvalue weighted by molar-refractivity contribution is 5.96. The molecule has 0 unspecified atom stereocenters. The summed E-state index contributed by atoms with van der Waals surface area (Å²) in [7, 11) is 0. The predicted octanol–water partition coefficient (Wildman–Crippen LogP) is 1.32. The van der Waals surface area contributed by atoms with Gasteiger partial charge in [-0.25, -0.2) is 4.79 Å². The molecule has 0 atom stereocenters. The van der Waals surface area contributed by atoms with E-state index < -0.39 is 0 Å². The molecule has 0 bridgehead atoms. The van der Waals surface area contributed by atoms with Crippen LogP contribution in [0.25, 0.3) is 0 Å². The molecule has 1 fully saturated rings. The van der Waals surface area contributed by atoms with Gasteiger partial charge < -0.3 is 20.4 Å². The summed E-state index contributed by atoms with van der Waals surface area (Å²) >= 11 is 0. The lowest BCUT2D eigenvalue weighted by molar-refractivity contribution is -0.131. The van der Waals surface area contributed by atoms with Crippen molar-refractivity contribution < 1.29 is 14.4 Å². The van der Waals surface area contributed by atoms with Crippen molar-refractivity contribution >= 4 is 17.8 Å². The van der Waals surface area contributed by atoms with Crippen LogP contribution in [0.4, 0.5) is 4.79 Å². The van der Waals surface area contributed by atoms with Crippen molar-refractivity contribution in [2.24, 2.45) is 5.41 Å². The molecule has 1 aromatic rings. The smallest absolute Gasteiger partial charge is 0.317 e. The Kier molecular flexibility index (Phi) is 6.60. The van der Waals surface area contributed by atoms with E-state index in [0.29, 0.717) is 38.3 Å². The number of benzene rings is 1. The van der Waals surface area contributed by atoms with Gasteiger partial charge in [-0.05, 0) is 17.5 Å². The maximum atomic E-state index is 12.3. The number of carbonyl (C=O) groups is 3. The first-order chi connectivity index (χ1) is 12.3. The zero-order valence-electron chi connectivity index (χ0n) is 15.7. The van der Waals surface area contributed by atoms with E-state index in [1.165, 1.54) is 0 Å². The largest absolute Gasteiger partial charge is 0.343 e. The Balaban J connectivity index is 1.72. The molecule has 0 radical (unpaired) electrons. The van der Waals surface area contributed by atoms with Crippen molar-refractivity contribution in [1.82, 2.24) is 20.4 Å². The normalized spacial score (nSPS) is 14.7. The number of carbonyl (C=O) groups excluding carboxylic acids is 3. The molecule has 26 heavy (non-hydrogen) atoms. The summed E-state index contributed by atoms with van der Waals surface area (Å²) in [5, 5.41) is 5.57. The van der Waals surface area contributed by atoms with Gasteiger partial charge >= 0.3 is 6.03 Å². The topological polar surface area (TPSA) is 81.8 Å². The summed E-state index contributed by atoms with van der Waals surface area (Å²) in [6.07, 6.45) is 0. The summed E-state index contributed by atoms with van der Waals surface area (Å²) in [5.74, 6) is -0.400. The molecule has 7 heteroatoms. The Hall–Kier alpha value is -2.57. The third-order valence-electron chi connectivity index (χ3n) is 4.13. The first-order valence-electron chi connectivity index (χ1n) is 8.90. The van der Waals surface area contributed by atoms with Gasteiger partial charge in [0.25, 0.3) is 5.91 Å². The molecule has 1 aliphatic rings. The van der Waals surface area contributed by atoms with Crippen molar-refractivity contribution in [3.8, 4) is 0 Å². The van der Waals surface area contributed by atoms with E-state index in [2.05, 4.69) is 31.4 Å². The minimum Gasteiger partial charge on any atom is -0.343 e. The van der Waals surface area contributed by atoms with Gasteiger partial charge in [0.05, 0.1) is 6.54 Å². The van der Waals surface area contributed by atoms with Crippen LogP contribution in [0.2, 0.25) is 0 Å². The van der Waals surface area contributed by atoms with Gasteiger partial charge in [0.1, 0.15) is 0 Å². The molecule has 1 saturated heterocycles. The molecule has 0 aliphatic carbocycles. The van der Waals surface area contributed by atoms with E-state index >= 15 is 0 Å². The Bertz CT molecular complexity index is 632. The van der Waals surface area contributed by atoms with Gasteiger partial charge in [-0.3, -0.25) is 9.59 Å². The Morgan fingerprint density at radius 1 is 0.923 bits per heavy atom. The van der Waals surface area contributed by atoms with Gasteiger partial charge in [-0.1, -0.05) is 39.0 Å². The number of piperazine rings is 1. The first-order valence-corrected chi connectivity index (χ1v) is 8.90. The standard InChI is InChI=1S/C19H28N4O3/c1-19(2,3)14-21-18(26)23-11-9-22(10-12-23)16(24)13-20-17(25)15-7-5-4-6-8-15/h4-8H,9-14H2,1-3H3,(H,20,25)(H,21,26). The molecule has 4 amide bonds. The molecule has 0 aromatic heterocycles. The summed E-state index contributed by atoms with van der Waals surface area (Å²) in [5.41, 5.74) is 0.561. The number of rotatable bonds is 4. The number of hydrogen-bond acceptors (Lipinski definition) is 3. The van der Waals surface area contributed by atoms with Crippen LogP contribution in [0.5, 0.6) is 0 Å². The Labute approximate surface area is 154 Å². The van der Waals surface area contributed by atoms with E-state index in [9.17, 15) is 14.4 Å². The molecule has 2 N–H and O–H groups in total. The van der Waals surface area contributed by atoms with Gasteiger partial charge in [-0.15, -0.1) is 0 Å². The average molecular weight is 360 g/mol. The predicted molar refractivity (Wildman–Crippen MR) is 99.8 cm³/mol. The Morgan fingerprint density at radius 3 is 2.08 bits per heavy atom. The quantitative estimate of drug-likeness (QED) is 0.850. The fraction of sp³-hybridized carbons (Fsp3) is 0.526. The fourth-order valence-electron chi connectivity index (χ4n) is 2.57. The molecular weight excluding hydrogens is 332 g/mol. The monoisotopic (exact) mass is 360 g/mol. The second-order valence-electron chi connectivity index (χ2n) is 7.64. The van der Waals surface area contributed by atoms with Crippen molar-refractivity contribution in [3.05, 3.63) is 35.9 Å². The number of nitrogens with one attached hydrogen (secondary N) is 2. The number of amides is 4. The van der Waals surface area contributed by atoms with E-state index in [-0.39, 0.29) is 29.8 Å². The number of hydrogen-bond donors (Lipinski definition) is 2. The zero-order chi connectivity index (χ0) is 19.2. The molecule has 7 nitrogen and oxygen atoms in total. The van der Waals surface area contributed by atoms with Crippen LogP contribution >= 0.6 is 0 Å². The molecule has 142 valence electrons. The van der Waals surface area contributed by atoms with Crippen molar-refractivity contribution in [3.63, 3.8) is 0 Å². The molecule has 0 saturated carbocycles. The van der Waals surface area contributed by atoms with Crippen molar-refractivity contribution in [2.45, 2.75) is 20.8 Å². The molecule has 2 rings (SSSR count). The van der Waals surface area contributed by atoms with Crippen LogP contribution in [0.15, 0.2) is 30.3 Å². The van der Waals surface area contributed by atoms with Crippen LogP contribution in [0, 0.1) is 5.41 Å². The SMILES string of the molecule is CC(C)(C)CNC(=O)N1CCN(C(=O)CNC(=O)c2ccccc2)CC1. The molecular formula is C19H28N4O3. The van der Waals surface area contributed by atoms with Crippen molar-refractivity contribution in [2.75, 3.05) is 39.3 Å². The fourth-order valence-corrected chi connectivity index (χ4v) is 2.57. The van der Waals surface area contributed by atoms with Gasteiger partial charge in [0.2, 0.25) is 5.91 Å². The van der Waals surface area contributed by atoms with Crippen LogP contribution in [-0.2, 0) is 4.79 Å². The first kappa shape index (κ1) is 19.8. The van der Waals surface area contributed by atoms with Crippen LogP contribution in [0.3, 0.4) is 0 Å². The summed E-state index contributed by atoms with van der Waals surface area (Å²) in [6.45, 7) is 8.70. The van der Waals surface area contributed by atoms with Crippen LogP contribution in [0.1, 0.15) is 31.1 Å². The second kappa shape index (κ2) is 8.69.